The Morgan fingerprint density at radius 1 is 1.35 bits per heavy atom. The molecule has 1 saturated carbocycles. The number of aromatic nitrogens is 1. The maximum atomic E-state index is 6.18. The molecular formula is C16H25ClN2O. The molecule has 4 heteroatoms. The van der Waals surface area contributed by atoms with Gasteiger partial charge in [-0.3, -0.25) is 0 Å². The molecule has 1 heterocycles. The molecular weight excluding hydrogens is 272 g/mol. The van der Waals surface area contributed by atoms with E-state index in [1.165, 1.54) is 25.7 Å². The fourth-order valence-electron chi connectivity index (χ4n) is 2.53. The third-order valence-electron chi connectivity index (χ3n) is 3.68. The van der Waals surface area contributed by atoms with Crippen LogP contribution < -0.4 is 10.1 Å². The summed E-state index contributed by atoms with van der Waals surface area (Å²) in [4.78, 5) is 4.51. The van der Waals surface area contributed by atoms with E-state index in [0.717, 1.165) is 18.8 Å². The van der Waals surface area contributed by atoms with Gasteiger partial charge in [0.2, 0.25) is 5.88 Å². The number of hydrogen-bond acceptors (Lipinski definition) is 3. The van der Waals surface area contributed by atoms with E-state index in [2.05, 4.69) is 24.1 Å². The molecule has 0 aromatic carbocycles. The summed E-state index contributed by atoms with van der Waals surface area (Å²) in [7, 11) is 0. The Hall–Kier alpha value is -0.800. The van der Waals surface area contributed by atoms with Crippen LogP contribution in [0, 0.1) is 11.8 Å². The number of nitrogens with one attached hydrogen (secondary N) is 1. The van der Waals surface area contributed by atoms with Gasteiger partial charge in [-0.05, 0) is 37.3 Å². The third kappa shape index (κ3) is 4.95. The topological polar surface area (TPSA) is 34.2 Å². The van der Waals surface area contributed by atoms with E-state index in [1.807, 2.05) is 12.1 Å². The van der Waals surface area contributed by atoms with Gasteiger partial charge >= 0.3 is 0 Å². The number of nitrogens with zero attached hydrogens (tertiary/aromatic N) is 1. The molecule has 1 aromatic rings. The zero-order chi connectivity index (χ0) is 14.4. The molecule has 1 N–H and O–H groups in total. The molecule has 0 unspecified atom stereocenters. The lowest BCUT2D eigenvalue weighted by Crippen LogP contribution is -2.20. The number of hydrogen-bond donors (Lipinski definition) is 1. The lowest BCUT2D eigenvalue weighted by molar-refractivity contribution is 0.243. The van der Waals surface area contributed by atoms with Crippen molar-refractivity contribution >= 4 is 11.6 Å². The average Bonchev–Trinajstić information content (AvgIpc) is 2.92. The average molecular weight is 297 g/mol. The number of ether oxygens (including phenoxy) is 1. The summed E-state index contributed by atoms with van der Waals surface area (Å²) in [6.07, 6.45) is 5.26. The molecule has 0 radical (unpaired) electrons. The molecule has 1 fully saturated rings. The first kappa shape index (κ1) is 15.6. The van der Waals surface area contributed by atoms with Gasteiger partial charge in [0.25, 0.3) is 0 Å². The van der Waals surface area contributed by atoms with E-state index >= 15 is 0 Å². The van der Waals surface area contributed by atoms with Crippen LogP contribution in [-0.2, 0) is 6.54 Å². The quantitative estimate of drug-likeness (QED) is 0.824. The summed E-state index contributed by atoms with van der Waals surface area (Å²) in [5.41, 5.74) is 0.872. The summed E-state index contributed by atoms with van der Waals surface area (Å²) < 4.78 is 5.82. The fraction of sp³-hybridized carbons (Fsp3) is 0.688. The highest BCUT2D eigenvalue weighted by Gasteiger charge is 2.16. The van der Waals surface area contributed by atoms with E-state index in [4.69, 9.17) is 16.3 Å². The zero-order valence-electron chi connectivity index (χ0n) is 12.5. The second kappa shape index (κ2) is 7.84. The van der Waals surface area contributed by atoms with Crippen molar-refractivity contribution in [2.24, 2.45) is 11.8 Å². The first-order valence-electron chi connectivity index (χ1n) is 7.64. The van der Waals surface area contributed by atoms with E-state index in [0.29, 0.717) is 29.3 Å². The molecule has 0 aliphatic heterocycles. The Labute approximate surface area is 127 Å². The molecule has 1 aliphatic rings. The predicted octanol–water partition coefficient (Wildman–Crippen LogP) is 4.05. The van der Waals surface area contributed by atoms with Crippen molar-refractivity contribution in [2.45, 2.75) is 46.1 Å². The van der Waals surface area contributed by atoms with E-state index in [1.54, 1.807) is 0 Å². The maximum absolute atomic E-state index is 6.18. The number of rotatable bonds is 7. The standard InChI is InChI=1S/C16H25ClN2O/c1-12(2)9-18-10-15-14(17)7-8-16(19-15)20-11-13-5-3-4-6-13/h7-8,12-13,18H,3-6,9-11H2,1-2H3. The monoisotopic (exact) mass is 296 g/mol. The molecule has 1 aliphatic carbocycles. The normalized spacial score (nSPS) is 16.0. The molecule has 0 bridgehead atoms. The SMILES string of the molecule is CC(C)CNCc1nc(OCC2CCCC2)ccc1Cl. The number of pyridine rings is 1. The highest BCUT2D eigenvalue weighted by molar-refractivity contribution is 6.31. The summed E-state index contributed by atoms with van der Waals surface area (Å²) in [5, 5.41) is 4.07. The van der Waals surface area contributed by atoms with Crippen LogP contribution in [0.15, 0.2) is 12.1 Å². The van der Waals surface area contributed by atoms with Crippen molar-refractivity contribution in [2.75, 3.05) is 13.2 Å². The Morgan fingerprint density at radius 2 is 2.10 bits per heavy atom. The first-order valence-corrected chi connectivity index (χ1v) is 8.02. The van der Waals surface area contributed by atoms with Gasteiger partial charge in [-0.25, -0.2) is 4.98 Å². The Balaban J connectivity index is 1.86. The van der Waals surface area contributed by atoms with Gasteiger partial charge in [0, 0.05) is 12.6 Å². The van der Waals surface area contributed by atoms with Gasteiger partial charge in [0.1, 0.15) is 0 Å². The Kier molecular flexibility index (Phi) is 6.11. The van der Waals surface area contributed by atoms with Crippen molar-refractivity contribution in [1.29, 1.82) is 0 Å². The lowest BCUT2D eigenvalue weighted by atomic mass is 10.1. The molecule has 0 spiro atoms. The maximum Gasteiger partial charge on any atom is 0.213 e. The van der Waals surface area contributed by atoms with Gasteiger partial charge in [0.15, 0.2) is 0 Å². The van der Waals surface area contributed by atoms with E-state index < -0.39 is 0 Å². The molecule has 3 nitrogen and oxygen atoms in total. The van der Waals surface area contributed by atoms with Crippen LogP contribution in [0.3, 0.4) is 0 Å². The lowest BCUT2D eigenvalue weighted by Gasteiger charge is -2.13. The van der Waals surface area contributed by atoms with Crippen molar-refractivity contribution in [3.8, 4) is 5.88 Å². The molecule has 2 rings (SSSR count). The first-order chi connectivity index (χ1) is 9.65. The van der Waals surface area contributed by atoms with Crippen LogP contribution in [0.25, 0.3) is 0 Å². The molecule has 112 valence electrons. The fourth-order valence-corrected chi connectivity index (χ4v) is 2.70. The minimum Gasteiger partial charge on any atom is -0.477 e. The van der Waals surface area contributed by atoms with Crippen LogP contribution in [-0.4, -0.2) is 18.1 Å². The number of halogens is 1. The van der Waals surface area contributed by atoms with Crippen molar-refractivity contribution in [1.82, 2.24) is 10.3 Å². The molecule has 0 atom stereocenters. The molecule has 1 aromatic heterocycles. The minimum atomic E-state index is 0.621. The molecule has 20 heavy (non-hydrogen) atoms. The van der Waals surface area contributed by atoms with Crippen molar-refractivity contribution in [3.63, 3.8) is 0 Å². The van der Waals surface area contributed by atoms with Gasteiger partial charge in [-0.2, -0.15) is 0 Å². The second-order valence-electron chi connectivity index (χ2n) is 6.06. The zero-order valence-corrected chi connectivity index (χ0v) is 13.2. The van der Waals surface area contributed by atoms with E-state index in [-0.39, 0.29) is 0 Å². The van der Waals surface area contributed by atoms with Gasteiger partial charge in [-0.15, -0.1) is 0 Å². The predicted molar refractivity (Wildman–Crippen MR) is 83.2 cm³/mol. The molecule has 0 amide bonds. The highest BCUT2D eigenvalue weighted by Crippen LogP contribution is 2.26. The van der Waals surface area contributed by atoms with Crippen LogP contribution >= 0.6 is 11.6 Å². The molecule has 0 saturated heterocycles. The Bertz CT molecular complexity index is 417. The third-order valence-corrected chi connectivity index (χ3v) is 4.02. The van der Waals surface area contributed by atoms with Crippen molar-refractivity contribution < 1.29 is 4.74 Å². The smallest absolute Gasteiger partial charge is 0.213 e. The van der Waals surface area contributed by atoms with Gasteiger partial charge < -0.3 is 10.1 Å². The summed E-state index contributed by atoms with van der Waals surface area (Å²) in [5.74, 6) is 2.02. The van der Waals surface area contributed by atoms with Crippen LogP contribution in [0.1, 0.15) is 45.2 Å². The van der Waals surface area contributed by atoms with Crippen LogP contribution in [0.2, 0.25) is 5.02 Å². The Morgan fingerprint density at radius 3 is 2.80 bits per heavy atom. The summed E-state index contributed by atoms with van der Waals surface area (Å²) in [6, 6.07) is 3.74. The summed E-state index contributed by atoms with van der Waals surface area (Å²) in [6.45, 7) is 6.81. The van der Waals surface area contributed by atoms with Crippen molar-refractivity contribution in [3.05, 3.63) is 22.8 Å². The summed E-state index contributed by atoms with van der Waals surface area (Å²) >= 11 is 6.18. The van der Waals surface area contributed by atoms with Gasteiger partial charge in [-0.1, -0.05) is 38.3 Å². The van der Waals surface area contributed by atoms with Crippen LogP contribution in [0.5, 0.6) is 5.88 Å². The minimum absolute atomic E-state index is 0.621. The van der Waals surface area contributed by atoms with Gasteiger partial charge in [0.05, 0.1) is 17.3 Å². The second-order valence-corrected chi connectivity index (χ2v) is 6.47. The van der Waals surface area contributed by atoms with Crippen LogP contribution in [0.4, 0.5) is 0 Å². The highest BCUT2D eigenvalue weighted by atomic mass is 35.5. The largest absolute Gasteiger partial charge is 0.477 e. The van der Waals surface area contributed by atoms with E-state index in [9.17, 15) is 0 Å².